The molecule has 124 valence electrons. The molecule has 0 heterocycles. The van der Waals surface area contributed by atoms with E-state index in [9.17, 15) is 4.79 Å². The summed E-state index contributed by atoms with van der Waals surface area (Å²) in [5.41, 5.74) is 2.00. The van der Waals surface area contributed by atoms with Crippen molar-refractivity contribution in [2.24, 2.45) is 5.92 Å². The van der Waals surface area contributed by atoms with Gasteiger partial charge in [0, 0.05) is 22.9 Å². The lowest BCUT2D eigenvalue weighted by Crippen LogP contribution is -2.29. The van der Waals surface area contributed by atoms with Crippen molar-refractivity contribution in [3.8, 4) is 6.07 Å². The highest BCUT2D eigenvalue weighted by atomic mass is 32.2. The summed E-state index contributed by atoms with van der Waals surface area (Å²) in [5.74, 6) is 0.677. The van der Waals surface area contributed by atoms with Crippen LogP contribution in [0.3, 0.4) is 0 Å². The number of hydrogen-bond acceptors (Lipinski definition) is 4. The van der Waals surface area contributed by atoms with Crippen molar-refractivity contribution in [3.63, 3.8) is 0 Å². The fourth-order valence-electron chi connectivity index (χ4n) is 2.03. The van der Waals surface area contributed by atoms with E-state index in [0.717, 1.165) is 21.9 Å². The van der Waals surface area contributed by atoms with Gasteiger partial charge in [0.1, 0.15) is 0 Å². The zero-order valence-corrected chi connectivity index (χ0v) is 14.5. The van der Waals surface area contributed by atoms with Crippen molar-refractivity contribution < 1.29 is 4.79 Å². The second-order valence-corrected chi connectivity index (χ2v) is 6.52. The van der Waals surface area contributed by atoms with Crippen molar-refractivity contribution >= 4 is 23.4 Å². The Morgan fingerprint density at radius 1 is 1.17 bits per heavy atom. The Morgan fingerprint density at radius 2 is 1.88 bits per heavy atom. The molecule has 2 N–H and O–H groups in total. The summed E-state index contributed by atoms with van der Waals surface area (Å²) in [7, 11) is 0. The fourth-order valence-corrected chi connectivity index (χ4v) is 3.00. The van der Waals surface area contributed by atoms with Crippen molar-refractivity contribution in [2.75, 3.05) is 17.6 Å². The van der Waals surface area contributed by atoms with Crippen LogP contribution in [0.4, 0.5) is 5.69 Å². The number of nitrogens with one attached hydrogen (secondary N) is 2. The summed E-state index contributed by atoms with van der Waals surface area (Å²) in [6, 6.07) is 19.9. The largest absolute Gasteiger partial charge is 0.375 e. The molecule has 2 rings (SSSR count). The number of para-hydroxylation sites is 1. The van der Waals surface area contributed by atoms with Crippen LogP contribution in [0.25, 0.3) is 0 Å². The molecule has 0 saturated carbocycles. The number of nitrogens with zero attached hydrogens (tertiary/aromatic N) is 1. The lowest BCUT2D eigenvalue weighted by atomic mass is 10.2. The molecule has 1 atom stereocenters. The molecule has 0 radical (unpaired) electrons. The van der Waals surface area contributed by atoms with E-state index in [1.165, 1.54) is 0 Å². The first kappa shape index (κ1) is 17.9. The fraction of sp³-hybridized carbons (Fsp3) is 0.263. The Hall–Kier alpha value is -2.45. The highest BCUT2D eigenvalue weighted by Gasteiger charge is 2.07. The van der Waals surface area contributed by atoms with Crippen LogP contribution in [-0.2, 0) is 11.3 Å². The monoisotopic (exact) mass is 339 g/mol. The second kappa shape index (κ2) is 9.64. The standard InChI is InChI=1S/C19H21N3OS/c1-15(11-20)14-24-18-10-6-5-9-17(18)21-13-19(23)22-12-16-7-3-2-4-8-16/h2-10,15,21H,12-14H2,1H3,(H,22,23)/t15-/m1/s1. The number of benzene rings is 2. The molecule has 0 bridgehead atoms. The Bertz CT molecular complexity index is 697. The van der Waals surface area contributed by atoms with Crippen LogP contribution in [-0.4, -0.2) is 18.2 Å². The van der Waals surface area contributed by atoms with Crippen molar-refractivity contribution in [1.29, 1.82) is 5.26 Å². The van der Waals surface area contributed by atoms with Crippen LogP contribution in [0, 0.1) is 17.2 Å². The van der Waals surface area contributed by atoms with E-state index in [2.05, 4.69) is 16.7 Å². The molecule has 1 amide bonds. The van der Waals surface area contributed by atoms with E-state index in [4.69, 9.17) is 5.26 Å². The van der Waals surface area contributed by atoms with E-state index >= 15 is 0 Å². The molecule has 2 aromatic rings. The second-order valence-electron chi connectivity index (χ2n) is 5.45. The highest BCUT2D eigenvalue weighted by molar-refractivity contribution is 7.99. The van der Waals surface area contributed by atoms with Gasteiger partial charge in [0.2, 0.25) is 5.91 Å². The first-order valence-electron chi connectivity index (χ1n) is 7.85. The van der Waals surface area contributed by atoms with Gasteiger partial charge in [-0.05, 0) is 24.6 Å². The molecule has 0 aromatic heterocycles. The smallest absolute Gasteiger partial charge is 0.239 e. The maximum absolute atomic E-state index is 12.0. The average molecular weight is 339 g/mol. The molecule has 0 aliphatic rings. The lowest BCUT2D eigenvalue weighted by molar-refractivity contribution is -0.119. The van der Waals surface area contributed by atoms with Gasteiger partial charge in [-0.25, -0.2) is 0 Å². The van der Waals surface area contributed by atoms with Gasteiger partial charge in [0.25, 0.3) is 0 Å². The zero-order valence-electron chi connectivity index (χ0n) is 13.7. The lowest BCUT2D eigenvalue weighted by Gasteiger charge is -2.12. The van der Waals surface area contributed by atoms with Gasteiger partial charge in [-0.3, -0.25) is 4.79 Å². The summed E-state index contributed by atoms with van der Waals surface area (Å²) in [5, 5.41) is 15.0. The third-order valence-corrected chi connectivity index (χ3v) is 4.70. The molecule has 2 aromatic carbocycles. The molecule has 4 nitrogen and oxygen atoms in total. The summed E-state index contributed by atoms with van der Waals surface area (Å²) < 4.78 is 0. The van der Waals surface area contributed by atoms with Crippen molar-refractivity contribution in [3.05, 3.63) is 60.2 Å². The van der Waals surface area contributed by atoms with Crippen molar-refractivity contribution in [1.82, 2.24) is 5.32 Å². The maximum Gasteiger partial charge on any atom is 0.239 e. The highest BCUT2D eigenvalue weighted by Crippen LogP contribution is 2.28. The Labute approximate surface area is 147 Å². The minimum Gasteiger partial charge on any atom is -0.375 e. The van der Waals surface area contributed by atoms with E-state index in [-0.39, 0.29) is 18.4 Å². The topological polar surface area (TPSA) is 64.9 Å². The van der Waals surface area contributed by atoms with Gasteiger partial charge >= 0.3 is 0 Å². The molecule has 0 aliphatic carbocycles. The maximum atomic E-state index is 12.0. The van der Waals surface area contributed by atoms with E-state index in [0.29, 0.717) is 6.54 Å². The molecule has 0 saturated heterocycles. The number of carbonyl (C=O) groups excluding carboxylic acids is 1. The Kier molecular flexibility index (Phi) is 7.19. The Balaban J connectivity index is 1.83. The molecule has 0 spiro atoms. The molecular formula is C19H21N3OS. The number of nitriles is 1. The van der Waals surface area contributed by atoms with E-state index in [1.807, 2.05) is 61.5 Å². The molecule has 24 heavy (non-hydrogen) atoms. The molecule has 5 heteroatoms. The van der Waals surface area contributed by atoms with Crippen LogP contribution in [0.1, 0.15) is 12.5 Å². The third-order valence-electron chi connectivity index (χ3n) is 3.37. The number of rotatable bonds is 8. The van der Waals surface area contributed by atoms with Crippen molar-refractivity contribution in [2.45, 2.75) is 18.4 Å². The molecule has 0 unspecified atom stereocenters. The first-order chi connectivity index (χ1) is 11.7. The van der Waals surface area contributed by atoms with Gasteiger partial charge in [0.15, 0.2) is 0 Å². The zero-order chi connectivity index (χ0) is 17.2. The van der Waals surface area contributed by atoms with Gasteiger partial charge in [-0.15, -0.1) is 11.8 Å². The normalized spacial score (nSPS) is 11.3. The third kappa shape index (κ3) is 5.98. The predicted molar refractivity (Wildman–Crippen MR) is 98.7 cm³/mol. The Morgan fingerprint density at radius 3 is 2.62 bits per heavy atom. The summed E-state index contributed by atoms with van der Waals surface area (Å²) in [4.78, 5) is 13.0. The SMILES string of the molecule is C[C@H](C#N)CSc1ccccc1NCC(=O)NCc1ccccc1. The van der Waals surface area contributed by atoms with Crippen LogP contribution >= 0.6 is 11.8 Å². The average Bonchev–Trinajstić information content (AvgIpc) is 2.64. The summed E-state index contributed by atoms with van der Waals surface area (Å²) >= 11 is 1.62. The number of carbonyl (C=O) groups is 1. The van der Waals surface area contributed by atoms with E-state index in [1.54, 1.807) is 11.8 Å². The minimum absolute atomic E-state index is 0.00257. The first-order valence-corrected chi connectivity index (χ1v) is 8.83. The molecule has 0 aliphatic heterocycles. The predicted octanol–water partition coefficient (Wildman–Crippen LogP) is 3.67. The number of thioether (sulfide) groups is 1. The number of amides is 1. The van der Waals surface area contributed by atoms with Crippen LogP contribution in [0.2, 0.25) is 0 Å². The van der Waals surface area contributed by atoms with E-state index < -0.39 is 0 Å². The number of anilines is 1. The summed E-state index contributed by atoms with van der Waals surface area (Å²) in [6.07, 6.45) is 0. The minimum atomic E-state index is -0.0518. The summed E-state index contributed by atoms with van der Waals surface area (Å²) in [6.45, 7) is 2.65. The molecular weight excluding hydrogens is 318 g/mol. The van der Waals surface area contributed by atoms with Gasteiger partial charge < -0.3 is 10.6 Å². The van der Waals surface area contributed by atoms with Crippen LogP contribution in [0.15, 0.2) is 59.5 Å². The van der Waals surface area contributed by atoms with Crippen LogP contribution < -0.4 is 10.6 Å². The van der Waals surface area contributed by atoms with Gasteiger partial charge in [-0.2, -0.15) is 5.26 Å². The van der Waals surface area contributed by atoms with Crippen LogP contribution in [0.5, 0.6) is 0 Å². The van der Waals surface area contributed by atoms with Gasteiger partial charge in [-0.1, -0.05) is 42.5 Å². The number of hydrogen-bond donors (Lipinski definition) is 2. The molecule has 0 fully saturated rings. The quantitative estimate of drug-likeness (QED) is 0.720. The van der Waals surface area contributed by atoms with Gasteiger partial charge in [0.05, 0.1) is 18.5 Å².